The maximum absolute atomic E-state index is 2.42. The van der Waals surface area contributed by atoms with Crippen molar-refractivity contribution in [3.05, 3.63) is 95.1 Å². The molecule has 0 spiro atoms. The van der Waals surface area contributed by atoms with Crippen molar-refractivity contribution in [3.63, 3.8) is 0 Å². The Hall–Kier alpha value is -2.60. The van der Waals surface area contributed by atoms with Crippen LogP contribution in [-0.2, 0) is 0 Å². The summed E-state index contributed by atoms with van der Waals surface area (Å²) in [5, 5.41) is 0. The summed E-state index contributed by atoms with van der Waals surface area (Å²) in [5.41, 5.74) is 9.92. The van der Waals surface area contributed by atoms with Gasteiger partial charge < -0.3 is 0 Å². The van der Waals surface area contributed by atoms with E-state index in [0.29, 0.717) is 5.92 Å². The third kappa shape index (κ3) is 7.37. The number of allylic oxidation sites excluding steroid dienone is 7. The Bertz CT molecular complexity index is 1180. The van der Waals surface area contributed by atoms with Gasteiger partial charge in [0.2, 0.25) is 0 Å². The number of hydrogen-bond acceptors (Lipinski definition) is 0. The third-order valence-electron chi connectivity index (χ3n) is 10.1. The molecule has 0 nitrogen and oxygen atoms in total. The maximum Gasteiger partial charge on any atom is 0.00289 e. The van der Waals surface area contributed by atoms with Crippen LogP contribution >= 0.6 is 0 Å². The summed E-state index contributed by atoms with van der Waals surface area (Å²) in [6, 6.07) is 18.3. The molecule has 0 N–H and O–H groups in total. The van der Waals surface area contributed by atoms with Gasteiger partial charge in [-0.1, -0.05) is 150 Å². The van der Waals surface area contributed by atoms with Gasteiger partial charge in [-0.15, -0.1) is 0 Å². The van der Waals surface area contributed by atoms with Crippen LogP contribution in [0.3, 0.4) is 0 Å². The van der Waals surface area contributed by atoms with Gasteiger partial charge in [0.15, 0.2) is 0 Å². The standard InChI is InChI=1S/C38H48.C2H6/c1-5-29-13-14-31(25-29)26-36-23-24-38(28(36)4)35-21-19-34(20-22-35)33-17-15-30(16-18-33)10-7-9-27(3)37-12-8-11-32(37)6-2;1-2/h7,9-10,15-24,28-29,31-32,37H,5-6,8,11-14,25-26H2,1-4H3;1-2H3/b10-7+,27-9+;/t28?,29?,31?,32?,37-;/m0./s1. The van der Waals surface area contributed by atoms with Gasteiger partial charge in [0, 0.05) is 5.92 Å². The van der Waals surface area contributed by atoms with Gasteiger partial charge in [-0.05, 0) is 90.5 Å². The van der Waals surface area contributed by atoms with Gasteiger partial charge in [-0.3, -0.25) is 0 Å². The van der Waals surface area contributed by atoms with Gasteiger partial charge in [0.1, 0.15) is 0 Å². The van der Waals surface area contributed by atoms with E-state index in [4.69, 9.17) is 0 Å². The van der Waals surface area contributed by atoms with Gasteiger partial charge in [-0.25, -0.2) is 0 Å². The van der Waals surface area contributed by atoms with Crippen LogP contribution in [0.5, 0.6) is 0 Å². The van der Waals surface area contributed by atoms with E-state index in [0.717, 1.165) is 23.7 Å². The lowest BCUT2D eigenvalue weighted by atomic mass is 9.86. The molecule has 0 amide bonds. The van der Waals surface area contributed by atoms with Crippen LogP contribution < -0.4 is 0 Å². The quantitative estimate of drug-likeness (QED) is 0.281. The number of benzene rings is 2. The van der Waals surface area contributed by atoms with Gasteiger partial charge in [-0.2, -0.15) is 0 Å². The van der Waals surface area contributed by atoms with E-state index >= 15 is 0 Å². The fourth-order valence-electron chi connectivity index (χ4n) is 7.55. The van der Waals surface area contributed by atoms with Crippen molar-refractivity contribution in [2.75, 3.05) is 0 Å². The Morgan fingerprint density at radius 2 is 1.43 bits per heavy atom. The molecule has 5 rings (SSSR count). The lowest BCUT2D eigenvalue weighted by molar-refractivity contribution is 0.426. The minimum atomic E-state index is 0.548. The summed E-state index contributed by atoms with van der Waals surface area (Å²) in [7, 11) is 0. The lowest BCUT2D eigenvalue weighted by Crippen LogP contribution is -2.07. The molecular formula is C40H54. The van der Waals surface area contributed by atoms with Gasteiger partial charge >= 0.3 is 0 Å². The molecule has 0 saturated heterocycles. The Labute approximate surface area is 246 Å². The molecule has 2 saturated carbocycles. The Balaban J connectivity index is 0.00000181. The van der Waals surface area contributed by atoms with Crippen molar-refractivity contribution >= 4 is 11.6 Å². The number of hydrogen-bond donors (Lipinski definition) is 0. The molecule has 0 radical (unpaired) electrons. The summed E-state index contributed by atoms with van der Waals surface area (Å²) >= 11 is 0. The molecule has 2 aromatic carbocycles. The zero-order valence-corrected chi connectivity index (χ0v) is 26.3. The summed E-state index contributed by atoms with van der Waals surface area (Å²) in [6.45, 7) is 13.4. The SMILES string of the molecule is CC.CCC1CCC(CC2=CC=C(c3ccc(-c4ccc(/C=C/C=C(\C)[C@@H]5CCCC5CC)cc4)cc3)C2C)C1. The second-order valence-corrected chi connectivity index (χ2v) is 12.4. The topological polar surface area (TPSA) is 0 Å². The first-order valence-electron chi connectivity index (χ1n) is 16.5. The van der Waals surface area contributed by atoms with Gasteiger partial charge in [0.25, 0.3) is 0 Å². The van der Waals surface area contributed by atoms with Crippen molar-refractivity contribution in [2.24, 2.45) is 29.6 Å². The van der Waals surface area contributed by atoms with E-state index in [-0.39, 0.29) is 0 Å². The van der Waals surface area contributed by atoms with Gasteiger partial charge in [0.05, 0.1) is 0 Å². The van der Waals surface area contributed by atoms with E-state index in [1.807, 2.05) is 13.8 Å². The lowest BCUT2D eigenvalue weighted by Gasteiger charge is -2.18. The normalized spacial score (nSPS) is 26.6. The zero-order valence-electron chi connectivity index (χ0n) is 26.3. The molecule has 0 aliphatic heterocycles. The second-order valence-electron chi connectivity index (χ2n) is 12.4. The second kappa shape index (κ2) is 14.9. The maximum atomic E-state index is 2.42. The molecule has 0 aromatic heterocycles. The zero-order chi connectivity index (χ0) is 28.5. The first-order chi connectivity index (χ1) is 19.6. The predicted molar refractivity (Wildman–Crippen MR) is 178 cm³/mol. The molecule has 0 heterocycles. The summed E-state index contributed by atoms with van der Waals surface area (Å²) < 4.78 is 0. The molecule has 3 aliphatic rings. The predicted octanol–water partition coefficient (Wildman–Crippen LogP) is 12.3. The van der Waals surface area contributed by atoms with E-state index in [1.165, 1.54) is 85.6 Å². The number of rotatable bonds is 9. The fourth-order valence-corrected chi connectivity index (χ4v) is 7.55. The van der Waals surface area contributed by atoms with Crippen molar-refractivity contribution in [1.82, 2.24) is 0 Å². The van der Waals surface area contributed by atoms with Crippen molar-refractivity contribution in [3.8, 4) is 11.1 Å². The van der Waals surface area contributed by atoms with Crippen LogP contribution in [0, 0.1) is 29.6 Å². The molecular weight excluding hydrogens is 480 g/mol. The van der Waals surface area contributed by atoms with E-state index in [9.17, 15) is 0 Å². The average Bonchev–Trinajstić information content (AvgIpc) is 3.75. The molecule has 2 aromatic rings. The summed E-state index contributed by atoms with van der Waals surface area (Å²) in [4.78, 5) is 0. The van der Waals surface area contributed by atoms with Crippen LogP contribution in [0.4, 0.5) is 0 Å². The fraction of sp³-hybridized carbons (Fsp3) is 0.500. The van der Waals surface area contributed by atoms with Crippen molar-refractivity contribution < 1.29 is 0 Å². The molecule has 0 bridgehead atoms. The minimum absolute atomic E-state index is 0.548. The van der Waals surface area contributed by atoms with Crippen molar-refractivity contribution in [2.45, 2.75) is 99.3 Å². The highest BCUT2D eigenvalue weighted by Gasteiger charge is 2.28. The van der Waals surface area contributed by atoms with Crippen LogP contribution in [0.15, 0.2) is 84.0 Å². The highest BCUT2D eigenvalue weighted by Crippen LogP contribution is 2.43. The molecule has 40 heavy (non-hydrogen) atoms. The Kier molecular flexibility index (Phi) is 11.3. The third-order valence-corrected chi connectivity index (χ3v) is 10.1. The van der Waals surface area contributed by atoms with E-state index in [2.05, 4.69) is 107 Å². The summed E-state index contributed by atoms with van der Waals surface area (Å²) in [6.07, 6.45) is 24.1. The van der Waals surface area contributed by atoms with Crippen molar-refractivity contribution in [1.29, 1.82) is 0 Å². The smallest absolute Gasteiger partial charge is 0.00289 e. The van der Waals surface area contributed by atoms with E-state index < -0.39 is 0 Å². The first kappa shape index (κ1) is 30.4. The highest BCUT2D eigenvalue weighted by atomic mass is 14.3. The Morgan fingerprint density at radius 3 is 2.08 bits per heavy atom. The van der Waals surface area contributed by atoms with Crippen LogP contribution in [0.25, 0.3) is 22.8 Å². The molecule has 4 unspecified atom stereocenters. The van der Waals surface area contributed by atoms with Crippen LogP contribution in [0.2, 0.25) is 0 Å². The molecule has 214 valence electrons. The first-order valence-corrected chi connectivity index (χ1v) is 16.5. The summed E-state index contributed by atoms with van der Waals surface area (Å²) in [5.74, 6) is 4.11. The molecule has 3 aliphatic carbocycles. The largest absolute Gasteiger partial charge is 0.0699 e. The van der Waals surface area contributed by atoms with E-state index in [1.54, 1.807) is 11.1 Å². The molecule has 0 heteroatoms. The minimum Gasteiger partial charge on any atom is -0.0699 e. The highest BCUT2D eigenvalue weighted by molar-refractivity contribution is 5.76. The van der Waals surface area contributed by atoms with Crippen LogP contribution in [-0.4, -0.2) is 0 Å². The molecule has 2 fully saturated rings. The molecule has 5 atom stereocenters. The van der Waals surface area contributed by atoms with Crippen LogP contribution in [0.1, 0.15) is 110 Å². The Morgan fingerprint density at radius 1 is 0.775 bits per heavy atom. The monoisotopic (exact) mass is 534 g/mol. The average molecular weight is 535 g/mol.